The average molecular weight is 202 g/mol. The third-order valence-electron chi connectivity index (χ3n) is 3.75. The quantitative estimate of drug-likeness (QED) is 0.582. The van der Waals surface area contributed by atoms with E-state index in [-0.39, 0.29) is 0 Å². The fraction of sp³-hybridized carbons (Fsp3) is 0.538. The number of hydrogen-bond acceptors (Lipinski definition) is 2. The van der Waals surface area contributed by atoms with Crippen molar-refractivity contribution in [2.24, 2.45) is 11.8 Å². The van der Waals surface area contributed by atoms with Gasteiger partial charge in [-0.2, -0.15) is 0 Å². The average Bonchev–Trinajstić information content (AvgIpc) is 2.97. The second-order valence-corrected chi connectivity index (χ2v) is 4.86. The van der Waals surface area contributed by atoms with Crippen LogP contribution in [0.3, 0.4) is 0 Å². The number of rotatable bonds is 3. The summed E-state index contributed by atoms with van der Waals surface area (Å²) in [5.74, 6) is 6.41. The number of nitrogens with one attached hydrogen (secondary N) is 1. The van der Waals surface area contributed by atoms with Gasteiger partial charge in [0.25, 0.3) is 0 Å². The molecule has 1 fully saturated rings. The van der Waals surface area contributed by atoms with Crippen LogP contribution in [0.25, 0.3) is 0 Å². The SMILES string of the molecule is NNC(c1ccc2c(c1)CCC2)C1CC1. The van der Waals surface area contributed by atoms with E-state index < -0.39 is 0 Å². The Balaban J connectivity index is 1.90. The van der Waals surface area contributed by atoms with Crippen LogP contribution in [0.1, 0.15) is 42.0 Å². The molecule has 80 valence electrons. The zero-order valence-electron chi connectivity index (χ0n) is 9.00. The summed E-state index contributed by atoms with van der Waals surface area (Å²) in [5.41, 5.74) is 7.46. The molecular formula is C13H18N2. The second kappa shape index (κ2) is 3.62. The van der Waals surface area contributed by atoms with E-state index in [0.717, 1.165) is 5.92 Å². The summed E-state index contributed by atoms with van der Waals surface area (Å²) in [6.07, 6.45) is 6.49. The van der Waals surface area contributed by atoms with E-state index >= 15 is 0 Å². The van der Waals surface area contributed by atoms with Gasteiger partial charge in [0, 0.05) is 6.04 Å². The highest BCUT2D eigenvalue weighted by Gasteiger charge is 2.31. The summed E-state index contributed by atoms with van der Waals surface area (Å²) in [7, 11) is 0. The summed E-state index contributed by atoms with van der Waals surface area (Å²) >= 11 is 0. The van der Waals surface area contributed by atoms with Gasteiger partial charge in [0.05, 0.1) is 0 Å². The molecule has 0 bridgehead atoms. The number of benzene rings is 1. The largest absolute Gasteiger partial charge is 0.271 e. The summed E-state index contributed by atoms with van der Waals surface area (Å²) in [6, 6.07) is 7.30. The molecule has 1 saturated carbocycles. The molecule has 2 aliphatic carbocycles. The molecule has 0 aromatic heterocycles. The zero-order chi connectivity index (χ0) is 10.3. The van der Waals surface area contributed by atoms with Crippen molar-refractivity contribution in [3.8, 4) is 0 Å². The second-order valence-electron chi connectivity index (χ2n) is 4.86. The van der Waals surface area contributed by atoms with Crippen LogP contribution >= 0.6 is 0 Å². The molecule has 0 radical (unpaired) electrons. The Morgan fingerprint density at radius 1 is 1.20 bits per heavy atom. The van der Waals surface area contributed by atoms with Crippen LogP contribution in [0.4, 0.5) is 0 Å². The molecule has 2 heteroatoms. The highest BCUT2D eigenvalue weighted by molar-refractivity contribution is 5.37. The lowest BCUT2D eigenvalue weighted by Crippen LogP contribution is -2.29. The molecule has 3 rings (SSSR count). The molecule has 0 spiro atoms. The fourth-order valence-corrected chi connectivity index (χ4v) is 2.72. The summed E-state index contributed by atoms with van der Waals surface area (Å²) < 4.78 is 0. The molecule has 0 heterocycles. The highest BCUT2D eigenvalue weighted by Crippen LogP contribution is 2.41. The van der Waals surface area contributed by atoms with E-state index in [1.165, 1.54) is 37.7 Å². The van der Waals surface area contributed by atoms with Crippen molar-refractivity contribution in [2.45, 2.75) is 38.1 Å². The van der Waals surface area contributed by atoms with Crippen LogP contribution in [-0.4, -0.2) is 0 Å². The Labute approximate surface area is 90.8 Å². The first-order valence-electron chi connectivity index (χ1n) is 5.96. The van der Waals surface area contributed by atoms with Gasteiger partial charge in [-0.1, -0.05) is 18.2 Å². The first-order valence-corrected chi connectivity index (χ1v) is 5.96. The Morgan fingerprint density at radius 3 is 2.73 bits per heavy atom. The van der Waals surface area contributed by atoms with E-state index in [0.29, 0.717) is 6.04 Å². The lowest BCUT2D eigenvalue weighted by atomic mass is 9.98. The molecule has 0 aliphatic heterocycles. The van der Waals surface area contributed by atoms with Crippen molar-refractivity contribution in [1.29, 1.82) is 0 Å². The maximum absolute atomic E-state index is 5.64. The summed E-state index contributed by atoms with van der Waals surface area (Å²) in [5, 5.41) is 0. The van der Waals surface area contributed by atoms with Crippen molar-refractivity contribution in [2.75, 3.05) is 0 Å². The monoisotopic (exact) mass is 202 g/mol. The zero-order valence-corrected chi connectivity index (χ0v) is 9.00. The minimum atomic E-state index is 0.385. The standard InChI is InChI=1S/C13H18N2/c14-15-13(10-5-6-10)12-7-4-9-2-1-3-11(9)8-12/h4,7-8,10,13,15H,1-3,5-6,14H2. The van der Waals surface area contributed by atoms with E-state index in [4.69, 9.17) is 5.84 Å². The predicted molar refractivity (Wildman–Crippen MR) is 61.3 cm³/mol. The smallest absolute Gasteiger partial charge is 0.0488 e. The summed E-state index contributed by atoms with van der Waals surface area (Å²) in [6.45, 7) is 0. The summed E-state index contributed by atoms with van der Waals surface area (Å²) in [4.78, 5) is 0. The van der Waals surface area contributed by atoms with Crippen LogP contribution in [0.2, 0.25) is 0 Å². The third kappa shape index (κ3) is 1.68. The van der Waals surface area contributed by atoms with Gasteiger partial charge in [-0.05, 0) is 54.7 Å². The first-order chi connectivity index (χ1) is 7.38. The lowest BCUT2D eigenvalue weighted by molar-refractivity contribution is 0.496. The molecule has 2 nitrogen and oxygen atoms in total. The Morgan fingerprint density at radius 2 is 2.00 bits per heavy atom. The molecule has 2 aliphatic rings. The number of aryl methyl sites for hydroxylation is 2. The lowest BCUT2D eigenvalue weighted by Gasteiger charge is -2.16. The molecule has 3 N–H and O–H groups in total. The number of nitrogens with two attached hydrogens (primary N) is 1. The maximum atomic E-state index is 5.64. The normalized spacial score (nSPS) is 21.4. The molecule has 0 saturated heterocycles. The third-order valence-corrected chi connectivity index (χ3v) is 3.75. The first kappa shape index (κ1) is 9.37. The van der Waals surface area contributed by atoms with Gasteiger partial charge < -0.3 is 0 Å². The maximum Gasteiger partial charge on any atom is 0.0488 e. The van der Waals surface area contributed by atoms with Crippen LogP contribution in [0.15, 0.2) is 18.2 Å². The number of hydrogen-bond donors (Lipinski definition) is 2. The van der Waals surface area contributed by atoms with Crippen molar-refractivity contribution < 1.29 is 0 Å². The van der Waals surface area contributed by atoms with Gasteiger partial charge >= 0.3 is 0 Å². The van der Waals surface area contributed by atoms with Gasteiger partial charge in [-0.15, -0.1) is 0 Å². The minimum absolute atomic E-state index is 0.385. The van der Waals surface area contributed by atoms with Gasteiger partial charge in [0.2, 0.25) is 0 Å². The number of fused-ring (bicyclic) bond motifs is 1. The van der Waals surface area contributed by atoms with Crippen molar-refractivity contribution in [1.82, 2.24) is 5.43 Å². The Bertz CT molecular complexity index is 369. The van der Waals surface area contributed by atoms with Crippen LogP contribution in [0.5, 0.6) is 0 Å². The topological polar surface area (TPSA) is 38.0 Å². The van der Waals surface area contributed by atoms with Gasteiger partial charge in [-0.3, -0.25) is 11.3 Å². The van der Waals surface area contributed by atoms with Crippen LogP contribution < -0.4 is 11.3 Å². The highest BCUT2D eigenvalue weighted by atomic mass is 15.2. The van der Waals surface area contributed by atoms with Crippen LogP contribution in [0, 0.1) is 5.92 Å². The minimum Gasteiger partial charge on any atom is -0.271 e. The predicted octanol–water partition coefficient (Wildman–Crippen LogP) is 2.09. The van der Waals surface area contributed by atoms with E-state index in [1.54, 1.807) is 11.1 Å². The van der Waals surface area contributed by atoms with Crippen molar-refractivity contribution in [3.63, 3.8) is 0 Å². The Hall–Kier alpha value is -0.860. The van der Waals surface area contributed by atoms with E-state index in [2.05, 4.69) is 23.6 Å². The molecule has 0 amide bonds. The van der Waals surface area contributed by atoms with Gasteiger partial charge in [0.1, 0.15) is 0 Å². The molecule has 1 atom stereocenters. The van der Waals surface area contributed by atoms with E-state index in [1.807, 2.05) is 0 Å². The van der Waals surface area contributed by atoms with Crippen molar-refractivity contribution in [3.05, 3.63) is 34.9 Å². The number of hydrazine groups is 1. The van der Waals surface area contributed by atoms with E-state index in [9.17, 15) is 0 Å². The Kier molecular flexibility index (Phi) is 2.26. The fourth-order valence-electron chi connectivity index (χ4n) is 2.72. The molecule has 1 aromatic rings. The molecule has 15 heavy (non-hydrogen) atoms. The van der Waals surface area contributed by atoms with Gasteiger partial charge in [0.15, 0.2) is 0 Å². The molecule has 1 aromatic carbocycles. The van der Waals surface area contributed by atoms with Crippen molar-refractivity contribution >= 4 is 0 Å². The van der Waals surface area contributed by atoms with Gasteiger partial charge in [-0.25, -0.2) is 0 Å². The van der Waals surface area contributed by atoms with Crippen LogP contribution in [-0.2, 0) is 12.8 Å². The molecular weight excluding hydrogens is 184 g/mol. The molecule has 1 unspecified atom stereocenters.